The summed E-state index contributed by atoms with van der Waals surface area (Å²) in [6.07, 6.45) is 1.78. The van der Waals surface area contributed by atoms with Crippen LogP contribution in [0.15, 0.2) is 59.4 Å². The maximum atomic E-state index is 5.88. The molecule has 0 aliphatic carbocycles. The summed E-state index contributed by atoms with van der Waals surface area (Å²) in [5, 5.41) is 4.70. The average molecular weight is 311 g/mol. The Hall–Kier alpha value is -2.66. The van der Waals surface area contributed by atoms with Crippen molar-refractivity contribution >= 4 is 22.6 Å². The predicted octanol–water partition coefficient (Wildman–Crippen LogP) is 3.79. The second kappa shape index (κ2) is 5.27. The van der Waals surface area contributed by atoms with Crippen LogP contribution >= 0.6 is 11.6 Å². The molecule has 2 heterocycles. The van der Waals surface area contributed by atoms with Gasteiger partial charge in [0, 0.05) is 10.6 Å². The van der Waals surface area contributed by atoms with Gasteiger partial charge in [-0.25, -0.2) is 4.98 Å². The third kappa shape index (κ3) is 2.35. The molecule has 5 nitrogen and oxygen atoms in total. The maximum Gasteiger partial charge on any atom is 0.257 e. The zero-order chi connectivity index (χ0) is 14.9. The maximum absolute atomic E-state index is 5.88. The highest BCUT2D eigenvalue weighted by atomic mass is 35.5. The molecule has 0 fully saturated rings. The Balaban J connectivity index is 1.63. The van der Waals surface area contributed by atoms with E-state index >= 15 is 0 Å². The van der Waals surface area contributed by atoms with Crippen LogP contribution in [0.2, 0.25) is 5.02 Å². The molecule has 0 radical (unpaired) electrons. The van der Waals surface area contributed by atoms with Crippen LogP contribution in [-0.4, -0.2) is 19.7 Å². The van der Waals surface area contributed by atoms with E-state index in [9.17, 15) is 0 Å². The minimum atomic E-state index is 0.482. The van der Waals surface area contributed by atoms with E-state index < -0.39 is 0 Å². The van der Waals surface area contributed by atoms with Crippen LogP contribution in [0.4, 0.5) is 0 Å². The van der Waals surface area contributed by atoms with E-state index in [1.165, 1.54) is 0 Å². The topological polar surface area (TPSA) is 56.7 Å². The molecule has 6 heteroatoms. The molecule has 0 saturated heterocycles. The van der Waals surface area contributed by atoms with Gasteiger partial charge in [-0.05, 0) is 36.4 Å². The first-order chi connectivity index (χ1) is 10.8. The molecule has 0 atom stereocenters. The second-order valence-electron chi connectivity index (χ2n) is 4.88. The third-order valence-electron chi connectivity index (χ3n) is 3.40. The zero-order valence-electron chi connectivity index (χ0n) is 11.5. The van der Waals surface area contributed by atoms with E-state index in [2.05, 4.69) is 15.1 Å². The van der Waals surface area contributed by atoms with Gasteiger partial charge in [0.1, 0.15) is 0 Å². The van der Waals surface area contributed by atoms with Gasteiger partial charge in [0.2, 0.25) is 0 Å². The SMILES string of the molecule is Clc1ccc(-c2nc(Cn3cnc4ccccc43)no2)cc1. The number of halogens is 1. The summed E-state index contributed by atoms with van der Waals surface area (Å²) >= 11 is 5.88. The molecule has 0 spiro atoms. The Kier molecular flexibility index (Phi) is 3.12. The molecule has 22 heavy (non-hydrogen) atoms. The molecule has 0 amide bonds. The quantitative estimate of drug-likeness (QED) is 0.577. The zero-order valence-corrected chi connectivity index (χ0v) is 12.2. The fraction of sp³-hybridized carbons (Fsp3) is 0.0625. The summed E-state index contributed by atoms with van der Waals surface area (Å²) in [5.74, 6) is 1.09. The van der Waals surface area contributed by atoms with Crippen LogP contribution in [0, 0.1) is 0 Å². The number of aromatic nitrogens is 4. The van der Waals surface area contributed by atoms with Gasteiger partial charge in [-0.2, -0.15) is 4.98 Å². The standard InChI is InChI=1S/C16H11ClN4O/c17-12-7-5-11(6-8-12)16-19-15(20-22-16)9-21-10-18-13-3-1-2-4-14(13)21/h1-8,10H,9H2. The van der Waals surface area contributed by atoms with Crippen molar-refractivity contribution in [2.24, 2.45) is 0 Å². The molecule has 0 saturated carbocycles. The molecular formula is C16H11ClN4O. The second-order valence-corrected chi connectivity index (χ2v) is 5.32. The summed E-state index contributed by atoms with van der Waals surface area (Å²) in [5.41, 5.74) is 2.84. The lowest BCUT2D eigenvalue weighted by molar-refractivity contribution is 0.421. The summed E-state index contributed by atoms with van der Waals surface area (Å²) in [6, 6.07) is 15.2. The van der Waals surface area contributed by atoms with E-state index in [1.807, 2.05) is 41.0 Å². The lowest BCUT2D eigenvalue weighted by atomic mass is 10.2. The van der Waals surface area contributed by atoms with E-state index in [-0.39, 0.29) is 0 Å². The Morgan fingerprint density at radius 1 is 1.05 bits per heavy atom. The van der Waals surface area contributed by atoms with Gasteiger partial charge in [0.05, 0.1) is 23.9 Å². The minimum Gasteiger partial charge on any atom is -0.334 e. The molecule has 4 rings (SSSR count). The van der Waals surface area contributed by atoms with Crippen LogP contribution in [0.25, 0.3) is 22.5 Å². The van der Waals surface area contributed by atoms with Crippen molar-refractivity contribution in [3.05, 3.63) is 65.7 Å². The fourth-order valence-electron chi connectivity index (χ4n) is 2.32. The van der Waals surface area contributed by atoms with Crippen molar-refractivity contribution in [2.45, 2.75) is 6.54 Å². The molecule has 0 N–H and O–H groups in total. The fourth-order valence-corrected chi connectivity index (χ4v) is 2.44. The normalized spacial score (nSPS) is 11.1. The molecule has 0 bridgehead atoms. The first-order valence-corrected chi connectivity index (χ1v) is 7.16. The van der Waals surface area contributed by atoms with E-state index in [1.54, 1.807) is 18.5 Å². The molecule has 2 aromatic carbocycles. The van der Waals surface area contributed by atoms with Gasteiger partial charge in [-0.3, -0.25) is 0 Å². The monoisotopic (exact) mass is 310 g/mol. The summed E-state index contributed by atoms with van der Waals surface area (Å²) in [4.78, 5) is 8.77. The van der Waals surface area contributed by atoms with Crippen molar-refractivity contribution in [1.82, 2.24) is 19.7 Å². The average Bonchev–Trinajstić information content (AvgIpc) is 3.16. The number of imidazole rings is 1. The highest BCUT2D eigenvalue weighted by molar-refractivity contribution is 6.30. The van der Waals surface area contributed by atoms with Crippen LogP contribution in [0.5, 0.6) is 0 Å². The third-order valence-corrected chi connectivity index (χ3v) is 3.65. The van der Waals surface area contributed by atoms with Gasteiger partial charge in [-0.1, -0.05) is 28.9 Å². The molecule has 2 aromatic heterocycles. The Bertz CT molecular complexity index is 927. The predicted molar refractivity (Wildman–Crippen MR) is 83.6 cm³/mol. The molecule has 0 aliphatic heterocycles. The Labute approximate surface area is 131 Å². The number of fused-ring (bicyclic) bond motifs is 1. The largest absolute Gasteiger partial charge is 0.334 e. The van der Waals surface area contributed by atoms with Crippen molar-refractivity contribution < 1.29 is 4.52 Å². The van der Waals surface area contributed by atoms with Crippen molar-refractivity contribution in [3.8, 4) is 11.5 Å². The Morgan fingerprint density at radius 2 is 1.86 bits per heavy atom. The first-order valence-electron chi connectivity index (χ1n) is 6.78. The molecule has 4 aromatic rings. The minimum absolute atomic E-state index is 0.482. The summed E-state index contributed by atoms with van der Waals surface area (Å²) in [7, 11) is 0. The lowest BCUT2D eigenvalue weighted by Crippen LogP contribution is -1.99. The molecular weight excluding hydrogens is 300 g/mol. The van der Waals surface area contributed by atoms with Gasteiger partial charge in [0.25, 0.3) is 5.89 Å². The highest BCUT2D eigenvalue weighted by Gasteiger charge is 2.10. The van der Waals surface area contributed by atoms with Crippen molar-refractivity contribution in [3.63, 3.8) is 0 Å². The molecule has 0 unspecified atom stereocenters. The van der Waals surface area contributed by atoms with Gasteiger partial charge >= 0.3 is 0 Å². The molecule has 0 aliphatic rings. The van der Waals surface area contributed by atoms with Crippen LogP contribution < -0.4 is 0 Å². The van der Waals surface area contributed by atoms with Crippen molar-refractivity contribution in [1.29, 1.82) is 0 Å². The van der Waals surface area contributed by atoms with Crippen molar-refractivity contribution in [2.75, 3.05) is 0 Å². The number of hydrogen-bond donors (Lipinski definition) is 0. The number of hydrogen-bond acceptors (Lipinski definition) is 4. The first kappa shape index (κ1) is 13.0. The van der Waals surface area contributed by atoms with Crippen LogP contribution in [-0.2, 0) is 6.54 Å². The molecule has 108 valence electrons. The van der Waals surface area contributed by atoms with Gasteiger partial charge in [-0.15, -0.1) is 0 Å². The lowest BCUT2D eigenvalue weighted by Gasteiger charge is -1.99. The summed E-state index contributed by atoms with van der Waals surface area (Å²) < 4.78 is 7.31. The van der Waals surface area contributed by atoms with Gasteiger partial charge in [0.15, 0.2) is 5.82 Å². The Morgan fingerprint density at radius 3 is 2.73 bits per heavy atom. The van der Waals surface area contributed by atoms with E-state index in [0.29, 0.717) is 23.3 Å². The van der Waals surface area contributed by atoms with E-state index in [0.717, 1.165) is 16.6 Å². The highest BCUT2D eigenvalue weighted by Crippen LogP contribution is 2.20. The number of nitrogens with zero attached hydrogens (tertiary/aromatic N) is 4. The van der Waals surface area contributed by atoms with E-state index in [4.69, 9.17) is 16.1 Å². The number of para-hydroxylation sites is 2. The smallest absolute Gasteiger partial charge is 0.257 e. The van der Waals surface area contributed by atoms with Gasteiger partial charge < -0.3 is 9.09 Å². The van der Waals surface area contributed by atoms with Crippen LogP contribution in [0.1, 0.15) is 5.82 Å². The number of rotatable bonds is 3. The van der Waals surface area contributed by atoms with Crippen LogP contribution in [0.3, 0.4) is 0 Å². The summed E-state index contributed by atoms with van der Waals surface area (Å²) in [6.45, 7) is 0.512. The number of benzene rings is 2.